The zero-order valence-corrected chi connectivity index (χ0v) is 12.4. The van der Waals surface area contributed by atoms with E-state index in [-0.39, 0.29) is 5.91 Å². The molecule has 0 spiro atoms. The number of nitrogens with one attached hydrogen (secondary N) is 1. The molecule has 6 heteroatoms. The fourth-order valence-corrected chi connectivity index (χ4v) is 2.40. The molecule has 0 aliphatic carbocycles. The maximum absolute atomic E-state index is 11.5. The molecular weight excluding hydrogens is 274 g/mol. The predicted octanol–water partition coefficient (Wildman–Crippen LogP) is 3.04. The lowest BCUT2D eigenvalue weighted by molar-refractivity contribution is -0.121. The van der Waals surface area contributed by atoms with Crippen LogP contribution in [0.3, 0.4) is 0 Å². The van der Waals surface area contributed by atoms with E-state index >= 15 is 0 Å². The highest BCUT2D eigenvalue weighted by Crippen LogP contribution is 2.21. The summed E-state index contributed by atoms with van der Waals surface area (Å²) in [6.07, 6.45) is 3.98. The van der Waals surface area contributed by atoms with Crippen LogP contribution in [0.5, 0.6) is 0 Å². The largest absolute Gasteiger partial charge is 0.356 e. The summed E-state index contributed by atoms with van der Waals surface area (Å²) in [6, 6.07) is 3.91. The number of aromatic nitrogens is 2. The van der Waals surface area contributed by atoms with Crippen LogP contribution in [0.15, 0.2) is 22.0 Å². The highest BCUT2D eigenvalue weighted by Gasteiger charge is 2.09. The Labute approximate surface area is 122 Å². The van der Waals surface area contributed by atoms with Gasteiger partial charge in [-0.1, -0.05) is 24.6 Å². The van der Waals surface area contributed by atoms with Crippen molar-refractivity contribution in [1.29, 1.82) is 0 Å². The maximum Gasteiger partial charge on any atom is 0.226 e. The number of carbonyl (C=O) groups excluding carboxylic acids is 1. The van der Waals surface area contributed by atoms with Crippen LogP contribution in [-0.4, -0.2) is 22.6 Å². The molecule has 2 aromatic rings. The lowest BCUT2D eigenvalue weighted by Crippen LogP contribution is -2.23. The van der Waals surface area contributed by atoms with Gasteiger partial charge in [-0.05, 0) is 24.3 Å². The van der Waals surface area contributed by atoms with Crippen molar-refractivity contribution < 1.29 is 9.32 Å². The van der Waals surface area contributed by atoms with Gasteiger partial charge in [0.15, 0.2) is 0 Å². The normalized spacial score (nSPS) is 10.7. The van der Waals surface area contributed by atoms with Gasteiger partial charge in [-0.2, -0.15) is 4.98 Å². The highest BCUT2D eigenvalue weighted by molar-refractivity contribution is 7.13. The Morgan fingerprint density at radius 1 is 1.45 bits per heavy atom. The molecule has 0 radical (unpaired) electrons. The number of hydrogen-bond acceptors (Lipinski definition) is 5. The van der Waals surface area contributed by atoms with Crippen LogP contribution < -0.4 is 5.32 Å². The van der Waals surface area contributed by atoms with Gasteiger partial charge in [-0.25, -0.2) is 0 Å². The first-order chi connectivity index (χ1) is 9.79. The third kappa shape index (κ3) is 4.45. The van der Waals surface area contributed by atoms with Crippen LogP contribution in [0.25, 0.3) is 10.7 Å². The number of nitrogens with zero attached hydrogens (tertiary/aromatic N) is 2. The molecule has 2 aromatic heterocycles. The van der Waals surface area contributed by atoms with Gasteiger partial charge in [0.1, 0.15) is 0 Å². The smallest absolute Gasteiger partial charge is 0.226 e. The van der Waals surface area contributed by atoms with Crippen molar-refractivity contribution in [2.24, 2.45) is 0 Å². The molecule has 0 bridgehead atoms. The first-order valence-corrected chi connectivity index (χ1v) is 7.80. The summed E-state index contributed by atoms with van der Waals surface area (Å²) in [7, 11) is 0. The van der Waals surface area contributed by atoms with Gasteiger partial charge in [0.05, 0.1) is 4.88 Å². The zero-order valence-electron chi connectivity index (χ0n) is 11.6. The molecule has 0 saturated heterocycles. The molecule has 0 aliphatic heterocycles. The molecule has 0 saturated carbocycles. The summed E-state index contributed by atoms with van der Waals surface area (Å²) in [6.45, 7) is 2.87. The Kier molecular flexibility index (Phi) is 5.73. The third-order valence-corrected chi connectivity index (χ3v) is 3.72. The standard InChI is InChI=1S/C14H19N3O2S/c1-2-3-9-15-12(18)7-4-8-13-16-14(17-19-13)11-6-5-10-20-11/h5-6,10H,2-4,7-9H2,1H3,(H,15,18). The second-order valence-corrected chi connectivity index (χ2v) is 5.49. The molecule has 1 N–H and O–H groups in total. The highest BCUT2D eigenvalue weighted by atomic mass is 32.1. The zero-order chi connectivity index (χ0) is 14.2. The summed E-state index contributed by atoms with van der Waals surface area (Å²) in [5, 5.41) is 8.81. The molecule has 20 heavy (non-hydrogen) atoms. The van der Waals surface area contributed by atoms with Crippen LogP contribution in [0.1, 0.15) is 38.5 Å². The molecule has 0 aliphatic rings. The number of thiophene rings is 1. The molecule has 0 atom stereocenters. The Balaban J connectivity index is 1.71. The van der Waals surface area contributed by atoms with Crippen molar-refractivity contribution >= 4 is 17.2 Å². The van der Waals surface area contributed by atoms with Crippen molar-refractivity contribution in [3.63, 3.8) is 0 Å². The minimum Gasteiger partial charge on any atom is -0.356 e. The molecule has 0 fully saturated rings. The summed E-state index contributed by atoms with van der Waals surface area (Å²) < 4.78 is 5.18. The average Bonchev–Trinajstić information content (AvgIpc) is 3.09. The number of unbranched alkanes of at least 4 members (excludes halogenated alkanes) is 1. The second kappa shape index (κ2) is 7.79. The Morgan fingerprint density at radius 3 is 3.10 bits per heavy atom. The van der Waals surface area contributed by atoms with Gasteiger partial charge >= 0.3 is 0 Å². The van der Waals surface area contributed by atoms with Crippen LogP contribution in [-0.2, 0) is 11.2 Å². The molecule has 2 heterocycles. The summed E-state index contributed by atoms with van der Waals surface area (Å²) in [5.74, 6) is 1.31. The van der Waals surface area contributed by atoms with Gasteiger partial charge < -0.3 is 9.84 Å². The number of aryl methyl sites for hydroxylation is 1. The monoisotopic (exact) mass is 293 g/mol. The van der Waals surface area contributed by atoms with Crippen LogP contribution >= 0.6 is 11.3 Å². The molecule has 0 unspecified atom stereocenters. The van der Waals surface area contributed by atoms with E-state index in [9.17, 15) is 4.79 Å². The number of rotatable bonds is 8. The SMILES string of the molecule is CCCCNC(=O)CCCc1nc(-c2cccs2)no1. The van der Waals surface area contributed by atoms with E-state index in [1.165, 1.54) is 0 Å². The van der Waals surface area contributed by atoms with E-state index in [4.69, 9.17) is 4.52 Å². The van der Waals surface area contributed by atoms with Crippen molar-refractivity contribution in [3.8, 4) is 10.7 Å². The summed E-state index contributed by atoms with van der Waals surface area (Å²) in [5.41, 5.74) is 0. The topological polar surface area (TPSA) is 68.0 Å². The quantitative estimate of drug-likeness (QED) is 0.760. The molecule has 2 rings (SSSR count). The lowest BCUT2D eigenvalue weighted by Gasteiger charge is -2.02. The first kappa shape index (κ1) is 14.7. The van der Waals surface area contributed by atoms with E-state index in [2.05, 4.69) is 22.4 Å². The Morgan fingerprint density at radius 2 is 2.35 bits per heavy atom. The van der Waals surface area contributed by atoms with Gasteiger partial charge in [-0.15, -0.1) is 11.3 Å². The van der Waals surface area contributed by atoms with Crippen molar-refractivity contribution in [3.05, 3.63) is 23.4 Å². The van der Waals surface area contributed by atoms with E-state index < -0.39 is 0 Å². The van der Waals surface area contributed by atoms with Crippen LogP contribution in [0.4, 0.5) is 0 Å². The van der Waals surface area contributed by atoms with Crippen molar-refractivity contribution in [1.82, 2.24) is 15.5 Å². The minimum absolute atomic E-state index is 0.0939. The second-order valence-electron chi connectivity index (χ2n) is 4.55. The number of hydrogen-bond donors (Lipinski definition) is 1. The molecule has 1 amide bonds. The Bertz CT molecular complexity index is 522. The van der Waals surface area contributed by atoms with Gasteiger partial charge in [-0.3, -0.25) is 4.79 Å². The number of amides is 1. The number of carbonyl (C=O) groups is 1. The Hall–Kier alpha value is -1.69. The van der Waals surface area contributed by atoms with Gasteiger partial charge in [0, 0.05) is 19.4 Å². The summed E-state index contributed by atoms with van der Waals surface area (Å²) in [4.78, 5) is 16.8. The lowest BCUT2D eigenvalue weighted by atomic mass is 10.2. The van der Waals surface area contributed by atoms with E-state index in [0.29, 0.717) is 24.6 Å². The maximum atomic E-state index is 11.5. The van der Waals surface area contributed by atoms with E-state index in [1.807, 2.05) is 17.5 Å². The molecule has 0 aromatic carbocycles. The minimum atomic E-state index is 0.0939. The van der Waals surface area contributed by atoms with Crippen molar-refractivity contribution in [2.45, 2.75) is 39.0 Å². The first-order valence-electron chi connectivity index (χ1n) is 6.92. The van der Waals surface area contributed by atoms with E-state index in [0.717, 1.165) is 30.7 Å². The van der Waals surface area contributed by atoms with Crippen LogP contribution in [0.2, 0.25) is 0 Å². The predicted molar refractivity (Wildman–Crippen MR) is 78.5 cm³/mol. The fraction of sp³-hybridized carbons (Fsp3) is 0.500. The third-order valence-electron chi connectivity index (χ3n) is 2.86. The van der Waals surface area contributed by atoms with Crippen LogP contribution in [0, 0.1) is 0 Å². The van der Waals surface area contributed by atoms with E-state index in [1.54, 1.807) is 11.3 Å². The molecule has 108 valence electrons. The summed E-state index contributed by atoms with van der Waals surface area (Å²) >= 11 is 1.58. The van der Waals surface area contributed by atoms with Crippen molar-refractivity contribution in [2.75, 3.05) is 6.54 Å². The average molecular weight is 293 g/mol. The van der Waals surface area contributed by atoms with Gasteiger partial charge in [0.25, 0.3) is 0 Å². The molecule has 5 nitrogen and oxygen atoms in total. The van der Waals surface area contributed by atoms with Gasteiger partial charge in [0.2, 0.25) is 17.6 Å². The fourth-order valence-electron chi connectivity index (χ4n) is 1.76. The molecular formula is C14H19N3O2S.